The number of nitrogens with zero attached hydrogens (tertiary/aromatic N) is 1. The maximum absolute atomic E-state index is 12.7. The second-order valence-corrected chi connectivity index (χ2v) is 8.66. The van der Waals surface area contributed by atoms with Gasteiger partial charge in [0.1, 0.15) is 5.75 Å². The lowest BCUT2D eigenvalue weighted by Gasteiger charge is -2.31. The second kappa shape index (κ2) is 10.6. The summed E-state index contributed by atoms with van der Waals surface area (Å²) in [4.78, 5) is 26.9. The Morgan fingerprint density at radius 3 is 2.43 bits per heavy atom. The number of benzene rings is 2. The Labute approximate surface area is 186 Å². The van der Waals surface area contributed by atoms with Crippen LogP contribution in [0, 0.1) is 0 Å². The monoisotopic (exact) mass is 472 g/mol. The standard InChI is InChI=1S/C24H29BrN2O3/c1-27(20-6-4-3-5-7-20)24(29)18-10-12-19(13-11-18)26-23(28)15-9-17-8-14-22(30-2)21(25)16-17/h8,10-14,16,20H,3-7,9,15H2,1-2H3,(H,26,28). The first-order valence-corrected chi connectivity index (χ1v) is 11.3. The minimum absolute atomic E-state index is 0.0462. The number of rotatable bonds is 7. The molecule has 0 bridgehead atoms. The van der Waals surface area contributed by atoms with Gasteiger partial charge in [-0.25, -0.2) is 0 Å². The van der Waals surface area contributed by atoms with Gasteiger partial charge in [-0.2, -0.15) is 0 Å². The third-order valence-electron chi connectivity index (χ3n) is 5.72. The van der Waals surface area contributed by atoms with Crippen LogP contribution in [0.25, 0.3) is 0 Å². The normalized spacial score (nSPS) is 14.2. The largest absolute Gasteiger partial charge is 0.496 e. The number of halogens is 1. The number of carbonyl (C=O) groups is 2. The van der Waals surface area contributed by atoms with Crippen molar-refractivity contribution in [3.8, 4) is 5.75 Å². The molecular formula is C24H29BrN2O3. The summed E-state index contributed by atoms with van der Waals surface area (Å²) in [7, 11) is 3.52. The van der Waals surface area contributed by atoms with Crippen molar-refractivity contribution >= 4 is 33.4 Å². The molecule has 1 N–H and O–H groups in total. The van der Waals surface area contributed by atoms with Crippen molar-refractivity contribution < 1.29 is 14.3 Å². The number of anilines is 1. The first-order chi connectivity index (χ1) is 14.5. The van der Waals surface area contributed by atoms with Crippen LogP contribution < -0.4 is 10.1 Å². The zero-order chi connectivity index (χ0) is 21.5. The Kier molecular flexibility index (Phi) is 7.91. The lowest BCUT2D eigenvalue weighted by atomic mass is 9.94. The van der Waals surface area contributed by atoms with E-state index in [1.165, 1.54) is 19.3 Å². The molecule has 0 unspecified atom stereocenters. The number of methoxy groups -OCH3 is 1. The van der Waals surface area contributed by atoms with E-state index in [-0.39, 0.29) is 11.8 Å². The first kappa shape index (κ1) is 22.3. The molecule has 5 nitrogen and oxygen atoms in total. The van der Waals surface area contributed by atoms with Crippen LogP contribution in [-0.2, 0) is 11.2 Å². The molecule has 0 atom stereocenters. The van der Waals surface area contributed by atoms with Crippen molar-refractivity contribution in [2.75, 3.05) is 19.5 Å². The number of aryl methyl sites for hydroxylation is 1. The molecule has 0 spiro atoms. The third-order valence-corrected chi connectivity index (χ3v) is 6.34. The summed E-state index contributed by atoms with van der Waals surface area (Å²) < 4.78 is 6.10. The number of hydrogen-bond donors (Lipinski definition) is 1. The summed E-state index contributed by atoms with van der Waals surface area (Å²) in [6.45, 7) is 0. The molecule has 1 saturated carbocycles. The minimum atomic E-state index is -0.0552. The first-order valence-electron chi connectivity index (χ1n) is 10.5. The number of carbonyl (C=O) groups excluding carboxylic acids is 2. The summed E-state index contributed by atoms with van der Waals surface area (Å²) in [6.07, 6.45) is 6.84. The van der Waals surface area contributed by atoms with Crippen molar-refractivity contribution in [2.45, 2.75) is 51.0 Å². The van der Waals surface area contributed by atoms with Crippen molar-refractivity contribution in [1.29, 1.82) is 0 Å². The summed E-state index contributed by atoms with van der Waals surface area (Å²) in [5.41, 5.74) is 2.42. The van der Waals surface area contributed by atoms with E-state index >= 15 is 0 Å². The number of hydrogen-bond acceptors (Lipinski definition) is 3. The molecule has 2 aromatic carbocycles. The third kappa shape index (κ3) is 5.85. The minimum Gasteiger partial charge on any atom is -0.496 e. The quantitative estimate of drug-likeness (QED) is 0.583. The van der Waals surface area contributed by atoms with Gasteiger partial charge in [0.15, 0.2) is 0 Å². The van der Waals surface area contributed by atoms with E-state index in [0.29, 0.717) is 30.1 Å². The molecule has 160 valence electrons. The highest BCUT2D eigenvalue weighted by atomic mass is 79.9. The molecule has 0 radical (unpaired) electrons. The molecule has 6 heteroatoms. The lowest BCUT2D eigenvalue weighted by Crippen LogP contribution is -2.38. The highest BCUT2D eigenvalue weighted by molar-refractivity contribution is 9.10. The molecule has 0 heterocycles. The zero-order valence-electron chi connectivity index (χ0n) is 17.6. The van der Waals surface area contributed by atoms with E-state index in [9.17, 15) is 9.59 Å². The summed E-state index contributed by atoms with van der Waals surface area (Å²) in [6, 6.07) is 13.3. The number of ether oxygens (including phenoxy) is 1. The molecule has 30 heavy (non-hydrogen) atoms. The molecule has 0 aliphatic heterocycles. The molecule has 2 aromatic rings. The van der Waals surface area contributed by atoms with Gasteiger partial charge in [0, 0.05) is 30.8 Å². The predicted molar refractivity (Wildman–Crippen MR) is 123 cm³/mol. The highest BCUT2D eigenvalue weighted by Gasteiger charge is 2.22. The van der Waals surface area contributed by atoms with Crippen LogP contribution in [-0.4, -0.2) is 36.9 Å². The fraction of sp³-hybridized carbons (Fsp3) is 0.417. The molecular weight excluding hydrogens is 444 g/mol. The smallest absolute Gasteiger partial charge is 0.253 e. The van der Waals surface area contributed by atoms with E-state index in [1.807, 2.05) is 30.1 Å². The Morgan fingerprint density at radius 1 is 1.10 bits per heavy atom. The van der Waals surface area contributed by atoms with Gasteiger partial charge in [0.2, 0.25) is 5.91 Å². The van der Waals surface area contributed by atoms with Gasteiger partial charge in [0.25, 0.3) is 5.91 Å². The molecule has 0 aromatic heterocycles. The van der Waals surface area contributed by atoms with Gasteiger partial charge in [-0.1, -0.05) is 25.3 Å². The van der Waals surface area contributed by atoms with Crippen molar-refractivity contribution in [3.05, 3.63) is 58.1 Å². The van der Waals surface area contributed by atoms with Gasteiger partial charge < -0.3 is 15.0 Å². The summed E-state index contributed by atoms with van der Waals surface area (Å²) >= 11 is 3.47. The average molecular weight is 473 g/mol. The average Bonchev–Trinajstić information content (AvgIpc) is 2.78. The van der Waals surface area contributed by atoms with Crippen LogP contribution in [0.1, 0.15) is 54.4 Å². The maximum Gasteiger partial charge on any atom is 0.253 e. The van der Waals surface area contributed by atoms with Crippen molar-refractivity contribution in [1.82, 2.24) is 4.90 Å². The van der Waals surface area contributed by atoms with Crippen LogP contribution in [0.4, 0.5) is 5.69 Å². The maximum atomic E-state index is 12.7. The lowest BCUT2D eigenvalue weighted by molar-refractivity contribution is -0.116. The van der Waals surface area contributed by atoms with Crippen LogP contribution in [0.2, 0.25) is 0 Å². The Balaban J connectivity index is 1.51. The van der Waals surface area contributed by atoms with Gasteiger partial charge in [-0.15, -0.1) is 0 Å². The van der Waals surface area contributed by atoms with E-state index in [4.69, 9.17) is 4.74 Å². The van der Waals surface area contributed by atoms with E-state index in [2.05, 4.69) is 21.2 Å². The van der Waals surface area contributed by atoms with Gasteiger partial charge in [-0.3, -0.25) is 9.59 Å². The van der Waals surface area contributed by atoms with Crippen molar-refractivity contribution in [3.63, 3.8) is 0 Å². The van der Waals surface area contributed by atoms with Gasteiger partial charge in [0.05, 0.1) is 11.6 Å². The number of nitrogens with one attached hydrogen (secondary N) is 1. The molecule has 1 aliphatic carbocycles. The summed E-state index contributed by atoms with van der Waals surface area (Å²) in [5, 5.41) is 2.91. The van der Waals surface area contributed by atoms with Crippen LogP contribution in [0.15, 0.2) is 46.9 Å². The molecule has 1 fully saturated rings. The predicted octanol–water partition coefficient (Wildman–Crippen LogP) is 5.43. The fourth-order valence-corrected chi connectivity index (χ4v) is 4.47. The van der Waals surface area contributed by atoms with E-state index in [0.717, 1.165) is 28.6 Å². The highest BCUT2D eigenvalue weighted by Crippen LogP contribution is 2.26. The number of amides is 2. The topological polar surface area (TPSA) is 58.6 Å². The fourth-order valence-electron chi connectivity index (χ4n) is 3.88. The van der Waals surface area contributed by atoms with Gasteiger partial charge >= 0.3 is 0 Å². The van der Waals surface area contributed by atoms with E-state index in [1.54, 1.807) is 31.4 Å². The molecule has 3 rings (SSSR count). The van der Waals surface area contributed by atoms with E-state index < -0.39 is 0 Å². The van der Waals surface area contributed by atoms with Crippen LogP contribution in [0.5, 0.6) is 5.75 Å². The van der Waals surface area contributed by atoms with Crippen LogP contribution >= 0.6 is 15.9 Å². The molecule has 1 aliphatic rings. The molecule has 2 amide bonds. The SMILES string of the molecule is COc1ccc(CCC(=O)Nc2ccc(C(=O)N(C)C3CCCCC3)cc2)cc1Br. The summed E-state index contributed by atoms with van der Waals surface area (Å²) in [5.74, 6) is 0.761. The van der Waals surface area contributed by atoms with Gasteiger partial charge in [-0.05, 0) is 77.2 Å². The van der Waals surface area contributed by atoms with Crippen molar-refractivity contribution in [2.24, 2.45) is 0 Å². The zero-order valence-corrected chi connectivity index (χ0v) is 19.2. The van der Waals surface area contributed by atoms with Crippen LogP contribution in [0.3, 0.4) is 0 Å². The Hall–Kier alpha value is -2.34. The molecule has 0 saturated heterocycles. The second-order valence-electron chi connectivity index (χ2n) is 7.80. The Morgan fingerprint density at radius 2 is 1.80 bits per heavy atom. The Bertz CT molecular complexity index is 877.